The second-order valence-corrected chi connectivity index (χ2v) is 7.01. The number of guanidine groups is 1. The van der Waals surface area contributed by atoms with E-state index in [9.17, 15) is 12.8 Å². The fraction of sp³-hybridized carbons (Fsp3) is 0.533. The van der Waals surface area contributed by atoms with Gasteiger partial charge in [-0.05, 0) is 31.4 Å². The average molecular weight is 472 g/mol. The molecule has 0 aliphatic carbocycles. The number of hydrogen-bond acceptors (Lipinski definition) is 3. The highest BCUT2D eigenvalue weighted by molar-refractivity contribution is 14.0. The Morgan fingerprint density at radius 3 is 2.46 bits per heavy atom. The molecule has 0 bridgehead atoms. The molecule has 0 atom stereocenters. The van der Waals surface area contributed by atoms with Crippen molar-refractivity contribution in [3.05, 3.63) is 35.6 Å². The minimum Gasteiger partial charge on any atom is -0.356 e. The highest BCUT2D eigenvalue weighted by atomic mass is 127. The SMILES string of the molecule is CCS(=O)(=O)NCCCNC(=NC)NCCc1ccccc1F.I. The first kappa shape index (κ1) is 23.1. The number of hydrogen-bond donors (Lipinski definition) is 3. The number of halogens is 2. The summed E-state index contributed by atoms with van der Waals surface area (Å²) in [4.78, 5) is 4.07. The molecule has 6 nitrogen and oxygen atoms in total. The van der Waals surface area contributed by atoms with Crippen molar-refractivity contribution < 1.29 is 12.8 Å². The van der Waals surface area contributed by atoms with Crippen LogP contribution in [-0.4, -0.2) is 46.8 Å². The van der Waals surface area contributed by atoms with E-state index in [1.165, 1.54) is 6.07 Å². The zero-order valence-corrected chi connectivity index (χ0v) is 17.2. The Balaban J connectivity index is 0.00000529. The van der Waals surface area contributed by atoms with Crippen molar-refractivity contribution in [2.24, 2.45) is 4.99 Å². The molecule has 1 rings (SSSR count). The van der Waals surface area contributed by atoms with Crippen molar-refractivity contribution in [2.75, 3.05) is 32.4 Å². The summed E-state index contributed by atoms with van der Waals surface area (Å²) in [6.07, 6.45) is 1.21. The molecule has 1 aromatic carbocycles. The van der Waals surface area contributed by atoms with E-state index in [4.69, 9.17) is 0 Å². The number of benzene rings is 1. The van der Waals surface area contributed by atoms with E-state index in [0.29, 0.717) is 44.0 Å². The standard InChI is InChI=1S/C15H25FN4O2S.HI/c1-3-23(21,22)20-11-6-10-18-15(17-2)19-12-9-13-7-4-5-8-14(13)16;/h4-5,7-8,20H,3,6,9-12H2,1-2H3,(H2,17,18,19);1H. The lowest BCUT2D eigenvalue weighted by atomic mass is 10.1. The minimum absolute atomic E-state index is 0. The van der Waals surface area contributed by atoms with Gasteiger partial charge in [-0.3, -0.25) is 4.99 Å². The summed E-state index contributed by atoms with van der Waals surface area (Å²) >= 11 is 0. The quantitative estimate of drug-likeness (QED) is 0.220. The molecule has 0 spiro atoms. The second-order valence-electron chi connectivity index (χ2n) is 4.92. The molecule has 138 valence electrons. The second kappa shape index (κ2) is 12.4. The van der Waals surface area contributed by atoms with Crippen LogP contribution in [0.1, 0.15) is 18.9 Å². The van der Waals surface area contributed by atoms with E-state index < -0.39 is 10.0 Å². The van der Waals surface area contributed by atoms with Crippen molar-refractivity contribution in [3.8, 4) is 0 Å². The van der Waals surface area contributed by atoms with Crippen LogP contribution < -0.4 is 15.4 Å². The Morgan fingerprint density at radius 1 is 1.17 bits per heavy atom. The molecule has 0 saturated carbocycles. The van der Waals surface area contributed by atoms with Crippen LogP contribution in [0.25, 0.3) is 0 Å². The summed E-state index contributed by atoms with van der Waals surface area (Å²) in [5.41, 5.74) is 0.657. The first-order chi connectivity index (χ1) is 11.0. The molecule has 0 radical (unpaired) electrons. The molecule has 0 saturated heterocycles. The maximum atomic E-state index is 13.5. The van der Waals surface area contributed by atoms with Gasteiger partial charge in [0.2, 0.25) is 10.0 Å². The molecular formula is C15H26FIN4O2S. The van der Waals surface area contributed by atoms with Crippen LogP contribution in [0.3, 0.4) is 0 Å². The number of sulfonamides is 1. The van der Waals surface area contributed by atoms with Crippen molar-refractivity contribution in [1.82, 2.24) is 15.4 Å². The summed E-state index contributed by atoms with van der Waals surface area (Å²) in [6, 6.07) is 6.68. The Hall–Kier alpha value is -0.940. The monoisotopic (exact) mass is 472 g/mol. The van der Waals surface area contributed by atoms with Gasteiger partial charge < -0.3 is 10.6 Å². The maximum absolute atomic E-state index is 13.5. The third-order valence-electron chi connectivity index (χ3n) is 3.22. The van der Waals surface area contributed by atoms with E-state index in [1.807, 2.05) is 6.07 Å². The van der Waals surface area contributed by atoms with Gasteiger partial charge in [-0.2, -0.15) is 0 Å². The zero-order valence-electron chi connectivity index (χ0n) is 14.0. The Labute approximate surface area is 160 Å². The summed E-state index contributed by atoms with van der Waals surface area (Å²) in [6.45, 7) is 3.13. The molecule has 0 amide bonds. The van der Waals surface area contributed by atoms with Gasteiger partial charge in [-0.1, -0.05) is 18.2 Å². The van der Waals surface area contributed by atoms with Crippen LogP contribution in [0.5, 0.6) is 0 Å². The van der Waals surface area contributed by atoms with Gasteiger partial charge in [-0.15, -0.1) is 24.0 Å². The predicted molar refractivity (Wildman–Crippen MR) is 107 cm³/mol. The third kappa shape index (κ3) is 9.38. The van der Waals surface area contributed by atoms with Gasteiger partial charge in [0.1, 0.15) is 5.82 Å². The Kier molecular flexibility index (Phi) is 11.9. The number of nitrogens with one attached hydrogen (secondary N) is 3. The smallest absolute Gasteiger partial charge is 0.211 e. The maximum Gasteiger partial charge on any atom is 0.211 e. The van der Waals surface area contributed by atoms with Crippen LogP contribution in [0.15, 0.2) is 29.3 Å². The van der Waals surface area contributed by atoms with Crippen LogP contribution in [0.4, 0.5) is 4.39 Å². The molecule has 24 heavy (non-hydrogen) atoms. The zero-order chi connectivity index (χ0) is 17.1. The Bertz CT molecular complexity index is 611. The highest BCUT2D eigenvalue weighted by Gasteiger charge is 2.05. The van der Waals surface area contributed by atoms with Gasteiger partial charge in [0.15, 0.2) is 5.96 Å². The predicted octanol–water partition coefficient (Wildman–Crippen LogP) is 1.48. The van der Waals surface area contributed by atoms with Crippen LogP contribution >= 0.6 is 24.0 Å². The van der Waals surface area contributed by atoms with Gasteiger partial charge in [0.05, 0.1) is 5.75 Å². The van der Waals surface area contributed by atoms with E-state index >= 15 is 0 Å². The average Bonchev–Trinajstić information content (AvgIpc) is 2.54. The van der Waals surface area contributed by atoms with Gasteiger partial charge in [-0.25, -0.2) is 17.5 Å². The molecular weight excluding hydrogens is 446 g/mol. The lowest BCUT2D eigenvalue weighted by Crippen LogP contribution is -2.39. The summed E-state index contributed by atoms with van der Waals surface area (Å²) in [5.74, 6) is 0.486. The summed E-state index contributed by atoms with van der Waals surface area (Å²) in [5, 5.41) is 6.18. The molecule has 3 N–H and O–H groups in total. The van der Waals surface area contributed by atoms with Gasteiger partial charge in [0, 0.05) is 26.7 Å². The molecule has 1 aromatic rings. The molecule has 0 aliphatic rings. The summed E-state index contributed by atoms with van der Waals surface area (Å²) < 4.78 is 38.5. The van der Waals surface area contributed by atoms with Crippen LogP contribution in [0, 0.1) is 5.82 Å². The number of aliphatic imine (C=N–C) groups is 1. The minimum atomic E-state index is -3.13. The summed E-state index contributed by atoms with van der Waals surface area (Å²) in [7, 11) is -1.48. The molecule has 0 aromatic heterocycles. The fourth-order valence-corrected chi connectivity index (χ4v) is 2.52. The lowest BCUT2D eigenvalue weighted by Gasteiger charge is -2.12. The molecule has 0 fully saturated rings. The molecule has 0 aliphatic heterocycles. The first-order valence-electron chi connectivity index (χ1n) is 7.63. The molecule has 0 unspecified atom stereocenters. The van der Waals surface area contributed by atoms with Crippen molar-refractivity contribution in [1.29, 1.82) is 0 Å². The normalized spacial score (nSPS) is 11.7. The van der Waals surface area contributed by atoms with Crippen LogP contribution in [0.2, 0.25) is 0 Å². The van der Waals surface area contributed by atoms with Crippen molar-refractivity contribution >= 4 is 40.0 Å². The topological polar surface area (TPSA) is 82.6 Å². The molecule has 0 heterocycles. The lowest BCUT2D eigenvalue weighted by molar-refractivity contribution is 0.579. The van der Waals surface area contributed by atoms with E-state index in [1.54, 1.807) is 26.1 Å². The fourth-order valence-electron chi connectivity index (χ4n) is 1.86. The van der Waals surface area contributed by atoms with Crippen molar-refractivity contribution in [3.63, 3.8) is 0 Å². The van der Waals surface area contributed by atoms with Gasteiger partial charge >= 0.3 is 0 Å². The van der Waals surface area contributed by atoms with Gasteiger partial charge in [0.25, 0.3) is 0 Å². The van der Waals surface area contributed by atoms with E-state index in [-0.39, 0.29) is 35.5 Å². The number of rotatable bonds is 9. The van der Waals surface area contributed by atoms with Crippen LogP contribution in [-0.2, 0) is 16.4 Å². The largest absolute Gasteiger partial charge is 0.356 e. The molecule has 9 heteroatoms. The first-order valence-corrected chi connectivity index (χ1v) is 9.29. The highest BCUT2D eigenvalue weighted by Crippen LogP contribution is 2.05. The van der Waals surface area contributed by atoms with E-state index in [0.717, 1.165) is 0 Å². The Morgan fingerprint density at radius 2 is 1.83 bits per heavy atom. The third-order valence-corrected chi connectivity index (χ3v) is 4.62. The number of nitrogens with zero attached hydrogens (tertiary/aromatic N) is 1. The van der Waals surface area contributed by atoms with Crippen molar-refractivity contribution in [2.45, 2.75) is 19.8 Å². The van der Waals surface area contributed by atoms with E-state index in [2.05, 4.69) is 20.3 Å².